The number of anilines is 1. The molecule has 1 aliphatic heterocycles. The molecule has 1 fully saturated rings. The van der Waals surface area contributed by atoms with Gasteiger partial charge in [-0.25, -0.2) is 4.79 Å². The van der Waals surface area contributed by atoms with Crippen molar-refractivity contribution in [2.75, 3.05) is 31.1 Å². The largest absolute Gasteiger partial charge is 0.339 e. The number of amides is 1. The monoisotopic (exact) mass is 396 g/mol. The molecule has 1 aliphatic rings. The molecule has 9 nitrogen and oxygen atoms in total. The highest BCUT2D eigenvalue weighted by molar-refractivity contribution is 5.75. The van der Waals surface area contributed by atoms with E-state index in [0.717, 1.165) is 11.1 Å². The van der Waals surface area contributed by atoms with E-state index in [-0.39, 0.29) is 5.91 Å². The highest BCUT2D eigenvalue weighted by Gasteiger charge is 2.25. The number of carbonyl (C=O) groups is 1. The Morgan fingerprint density at radius 2 is 1.83 bits per heavy atom. The van der Waals surface area contributed by atoms with Gasteiger partial charge in [-0.15, -0.1) is 0 Å². The number of H-pyrrole nitrogens is 1. The molecule has 1 saturated heterocycles. The topological polar surface area (TPSA) is 96.2 Å². The van der Waals surface area contributed by atoms with E-state index in [1.807, 2.05) is 35.8 Å². The van der Waals surface area contributed by atoms with Crippen LogP contribution in [0.4, 0.5) is 5.95 Å². The van der Waals surface area contributed by atoms with Gasteiger partial charge in [-0.05, 0) is 18.1 Å². The lowest BCUT2D eigenvalue weighted by Gasteiger charge is -2.35. The molecule has 3 aromatic rings. The van der Waals surface area contributed by atoms with Gasteiger partial charge in [-0.3, -0.25) is 23.7 Å². The molecule has 0 saturated carbocycles. The number of aromatic amines is 1. The van der Waals surface area contributed by atoms with E-state index in [2.05, 4.69) is 14.9 Å². The number of piperazine rings is 1. The van der Waals surface area contributed by atoms with E-state index < -0.39 is 11.2 Å². The van der Waals surface area contributed by atoms with Crippen LogP contribution in [-0.2, 0) is 18.4 Å². The van der Waals surface area contributed by atoms with Crippen LogP contribution in [0.2, 0.25) is 0 Å². The average molecular weight is 396 g/mol. The van der Waals surface area contributed by atoms with Crippen molar-refractivity contribution in [3.8, 4) is 0 Å². The molecule has 1 N–H and O–H groups in total. The molecule has 2 aromatic heterocycles. The van der Waals surface area contributed by atoms with Gasteiger partial charge in [0.1, 0.15) is 0 Å². The summed E-state index contributed by atoms with van der Waals surface area (Å²) in [5.74, 6) is 0.690. The van der Waals surface area contributed by atoms with Crippen molar-refractivity contribution < 1.29 is 4.79 Å². The Balaban J connectivity index is 1.85. The van der Waals surface area contributed by atoms with Gasteiger partial charge in [-0.2, -0.15) is 4.98 Å². The first kappa shape index (κ1) is 19.0. The highest BCUT2D eigenvalue weighted by atomic mass is 16.2. The first-order valence-electron chi connectivity index (χ1n) is 9.61. The highest BCUT2D eigenvalue weighted by Crippen LogP contribution is 2.23. The molecule has 0 aliphatic carbocycles. The minimum absolute atomic E-state index is 0.0527. The predicted molar refractivity (Wildman–Crippen MR) is 110 cm³/mol. The Morgan fingerprint density at radius 1 is 1.14 bits per heavy atom. The first-order chi connectivity index (χ1) is 13.9. The van der Waals surface area contributed by atoms with Gasteiger partial charge in [0.05, 0.1) is 6.54 Å². The summed E-state index contributed by atoms with van der Waals surface area (Å²) in [6.45, 7) is 6.48. The van der Waals surface area contributed by atoms with Crippen LogP contribution in [0.3, 0.4) is 0 Å². The van der Waals surface area contributed by atoms with Gasteiger partial charge in [0.2, 0.25) is 11.9 Å². The second-order valence-corrected chi connectivity index (χ2v) is 7.41. The number of imidazole rings is 1. The fourth-order valence-electron chi connectivity index (χ4n) is 3.79. The van der Waals surface area contributed by atoms with E-state index in [9.17, 15) is 14.4 Å². The normalized spacial score (nSPS) is 14.6. The number of benzene rings is 1. The molecule has 1 amide bonds. The zero-order chi connectivity index (χ0) is 20.7. The molecule has 152 valence electrons. The number of nitrogens with zero attached hydrogens (tertiary/aromatic N) is 5. The number of hydrogen-bond donors (Lipinski definition) is 1. The van der Waals surface area contributed by atoms with Crippen LogP contribution in [0.5, 0.6) is 0 Å². The van der Waals surface area contributed by atoms with Crippen molar-refractivity contribution in [3.63, 3.8) is 0 Å². The van der Waals surface area contributed by atoms with Gasteiger partial charge < -0.3 is 9.80 Å². The summed E-state index contributed by atoms with van der Waals surface area (Å²) in [7, 11) is 1.60. The van der Waals surface area contributed by atoms with Gasteiger partial charge in [-0.1, -0.05) is 24.3 Å². The number of aryl methyl sites for hydroxylation is 2. The molecule has 0 spiro atoms. The van der Waals surface area contributed by atoms with E-state index in [1.165, 1.54) is 4.57 Å². The quantitative estimate of drug-likeness (QED) is 0.693. The molecule has 4 rings (SSSR count). The number of aromatic nitrogens is 4. The van der Waals surface area contributed by atoms with Crippen LogP contribution in [0.1, 0.15) is 18.1 Å². The maximum absolute atomic E-state index is 12.7. The van der Waals surface area contributed by atoms with Crippen molar-refractivity contribution in [1.29, 1.82) is 0 Å². The summed E-state index contributed by atoms with van der Waals surface area (Å²) in [4.78, 5) is 47.4. The van der Waals surface area contributed by atoms with Crippen molar-refractivity contribution in [1.82, 2.24) is 24.0 Å². The Hall–Kier alpha value is -3.36. The van der Waals surface area contributed by atoms with Gasteiger partial charge in [0.25, 0.3) is 5.56 Å². The van der Waals surface area contributed by atoms with Crippen LogP contribution < -0.4 is 16.1 Å². The molecule has 29 heavy (non-hydrogen) atoms. The lowest BCUT2D eigenvalue weighted by molar-refractivity contribution is -0.129. The smallest absolute Gasteiger partial charge is 0.329 e. The third-order valence-electron chi connectivity index (χ3n) is 5.58. The van der Waals surface area contributed by atoms with E-state index in [0.29, 0.717) is 49.8 Å². The summed E-state index contributed by atoms with van der Waals surface area (Å²) < 4.78 is 3.24. The van der Waals surface area contributed by atoms with E-state index in [4.69, 9.17) is 0 Å². The third-order valence-corrected chi connectivity index (χ3v) is 5.58. The van der Waals surface area contributed by atoms with Gasteiger partial charge in [0.15, 0.2) is 11.2 Å². The zero-order valence-electron chi connectivity index (χ0n) is 16.8. The standard InChI is InChI=1S/C20H24N6O3/c1-13-6-4-5-7-15(13)12-26-16-17(23(3)20(29)22-18(16)28)21-19(26)25-10-8-24(9-11-25)14(2)27/h4-7H,8-12H2,1-3H3,(H,22,28,29). The number of carbonyl (C=O) groups excluding carboxylic acids is 1. The lowest BCUT2D eigenvalue weighted by atomic mass is 10.1. The van der Waals surface area contributed by atoms with E-state index in [1.54, 1.807) is 18.9 Å². The summed E-state index contributed by atoms with van der Waals surface area (Å²) in [5, 5.41) is 0. The van der Waals surface area contributed by atoms with E-state index >= 15 is 0 Å². The first-order valence-corrected chi connectivity index (χ1v) is 9.61. The minimum atomic E-state index is -0.490. The molecule has 0 radical (unpaired) electrons. The molecule has 3 heterocycles. The Labute approximate surface area is 167 Å². The van der Waals surface area contributed by atoms with Gasteiger partial charge >= 0.3 is 5.69 Å². The number of hydrogen-bond acceptors (Lipinski definition) is 5. The zero-order valence-corrected chi connectivity index (χ0v) is 16.8. The average Bonchev–Trinajstić information content (AvgIpc) is 3.08. The van der Waals surface area contributed by atoms with Crippen LogP contribution in [-0.4, -0.2) is 56.1 Å². The lowest BCUT2D eigenvalue weighted by Crippen LogP contribution is -2.48. The van der Waals surface area contributed by atoms with Crippen LogP contribution in [0.15, 0.2) is 33.9 Å². The molecular weight excluding hydrogens is 372 g/mol. The second-order valence-electron chi connectivity index (χ2n) is 7.41. The fraction of sp³-hybridized carbons (Fsp3) is 0.400. The summed E-state index contributed by atoms with van der Waals surface area (Å²) >= 11 is 0. The van der Waals surface area contributed by atoms with Crippen LogP contribution in [0.25, 0.3) is 11.2 Å². The Kier molecular flexibility index (Phi) is 4.73. The van der Waals surface area contributed by atoms with Gasteiger partial charge in [0, 0.05) is 40.2 Å². The number of rotatable bonds is 3. The minimum Gasteiger partial charge on any atom is -0.339 e. The summed E-state index contributed by atoms with van der Waals surface area (Å²) in [5.41, 5.74) is 1.98. The molecule has 0 atom stereocenters. The number of nitrogens with one attached hydrogen (secondary N) is 1. The molecule has 0 unspecified atom stereocenters. The van der Waals surface area contributed by atoms with Crippen LogP contribution >= 0.6 is 0 Å². The predicted octanol–water partition coefficient (Wildman–Crippen LogP) is 0.449. The maximum atomic E-state index is 12.7. The third kappa shape index (κ3) is 3.32. The van der Waals surface area contributed by atoms with Crippen molar-refractivity contribution >= 4 is 23.0 Å². The van der Waals surface area contributed by atoms with Crippen molar-refractivity contribution in [2.24, 2.45) is 7.05 Å². The van der Waals surface area contributed by atoms with Crippen molar-refractivity contribution in [2.45, 2.75) is 20.4 Å². The molecule has 0 bridgehead atoms. The molecular formula is C20H24N6O3. The summed E-state index contributed by atoms with van der Waals surface area (Å²) in [6, 6.07) is 7.99. The fourth-order valence-corrected chi connectivity index (χ4v) is 3.79. The Bertz CT molecular complexity index is 1200. The second kappa shape index (κ2) is 7.23. The molecule has 1 aromatic carbocycles. The summed E-state index contributed by atoms with van der Waals surface area (Å²) in [6.07, 6.45) is 0. The molecule has 9 heteroatoms. The SMILES string of the molecule is CC(=O)N1CCN(c2nc3c(c(=O)[nH]c(=O)n3C)n2Cc2ccccc2C)CC1. The maximum Gasteiger partial charge on any atom is 0.329 e. The Morgan fingerprint density at radius 3 is 2.48 bits per heavy atom. The van der Waals surface area contributed by atoms with Crippen molar-refractivity contribution in [3.05, 3.63) is 56.2 Å². The number of fused-ring (bicyclic) bond motifs is 1. The van der Waals surface area contributed by atoms with Crippen LogP contribution in [0, 0.1) is 6.92 Å².